The van der Waals surface area contributed by atoms with Gasteiger partial charge in [0.1, 0.15) is 0 Å². The number of alkyl halides is 3. The van der Waals surface area contributed by atoms with Crippen LogP contribution >= 0.6 is 0 Å². The van der Waals surface area contributed by atoms with Gasteiger partial charge in [0.25, 0.3) is 0 Å². The molecule has 0 radical (unpaired) electrons. The van der Waals surface area contributed by atoms with Crippen LogP contribution in [0.2, 0.25) is 0 Å². The van der Waals surface area contributed by atoms with Crippen LogP contribution in [-0.4, -0.2) is 50.5 Å². The van der Waals surface area contributed by atoms with Crippen molar-refractivity contribution in [1.82, 2.24) is 9.79 Å². The van der Waals surface area contributed by atoms with Crippen LogP contribution < -0.4 is 4.72 Å². The van der Waals surface area contributed by atoms with Gasteiger partial charge in [-0.1, -0.05) is 13.3 Å². The van der Waals surface area contributed by atoms with Crippen LogP contribution in [0.1, 0.15) is 32.6 Å². The van der Waals surface area contributed by atoms with Gasteiger partial charge >= 0.3 is 12.1 Å². The minimum absolute atomic E-state index is 0.0255. The Morgan fingerprint density at radius 3 is 2.67 bits per heavy atom. The number of nitrogens with one attached hydrogen (secondary N) is 1. The minimum atomic E-state index is -5.06. The van der Waals surface area contributed by atoms with E-state index in [9.17, 15) is 26.4 Å². The van der Waals surface area contributed by atoms with E-state index in [-0.39, 0.29) is 18.8 Å². The Balaban J connectivity index is 2.51. The Morgan fingerprint density at radius 1 is 1.43 bits per heavy atom. The van der Waals surface area contributed by atoms with Gasteiger partial charge in [-0.3, -0.25) is 0 Å². The van der Waals surface area contributed by atoms with Crippen LogP contribution in [0.15, 0.2) is 0 Å². The Hall–Kier alpha value is -0.870. The van der Waals surface area contributed by atoms with Crippen molar-refractivity contribution in [2.75, 3.05) is 18.8 Å². The summed E-state index contributed by atoms with van der Waals surface area (Å²) >= 11 is 0. The molecule has 21 heavy (non-hydrogen) atoms. The number of unbranched alkanes of at least 4 members (excludes halogenated alkanes) is 1. The molecule has 1 saturated heterocycles. The second-order valence-electron chi connectivity index (χ2n) is 4.89. The van der Waals surface area contributed by atoms with Gasteiger partial charge in [0.15, 0.2) is 0 Å². The number of carbonyl (C=O) groups excluding carboxylic acids is 1. The van der Waals surface area contributed by atoms with Gasteiger partial charge in [-0.15, -0.1) is 5.06 Å². The highest BCUT2D eigenvalue weighted by atomic mass is 32.2. The smallest absolute Gasteiger partial charge is 0.361 e. The zero-order chi connectivity index (χ0) is 16.1. The van der Waals surface area contributed by atoms with Gasteiger partial charge in [-0.05, 0) is 19.3 Å². The van der Waals surface area contributed by atoms with Crippen molar-refractivity contribution in [3.63, 3.8) is 0 Å². The zero-order valence-corrected chi connectivity index (χ0v) is 12.5. The molecule has 10 heteroatoms. The van der Waals surface area contributed by atoms with Crippen LogP contribution in [0.4, 0.5) is 13.2 Å². The van der Waals surface area contributed by atoms with Crippen molar-refractivity contribution in [2.45, 2.75) is 44.8 Å². The van der Waals surface area contributed by atoms with E-state index < -0.39 is 28.2 Å². The third-order valence-corrected chi connectivity index (χ3v) is 4.46. The molecule has 1 heterocycles. The van der Waals surface area contributed by atoms with Gasteiger partial charge in [0.05, 0.1) is 12.3 Å². The molecule has 0 aromatic heterocycles. The fourth-order valence-electron chi connectivity index (χ4n) is 1.94. The Labute approximate surface area is 121 Å². The highest BCUT2D eigenvalue weighted by Crippen LogP contribution is 2.19. The normalized spacial score (nSPS) is 21.2. The molecular weight excluding hydrogens is 313 g/mol. The molecule has 0 amide bonds. The van der Waals surface area contributed by atoms with E-state index in [0.717, 1.165) is 11.5 Å². The first-order valence-electron chi connectivity index (χ1n) is 6.68. The van der Waals surface area contributed by atoms with E-state index in [1.165, 1.54) is 0 Å². The summed E-state index contributed by atoms with van der Waals surface area (Å²) in [7, 11) is -3.46. The molecule has 1 N–H and O–H groups in total. The maximum Gasteiger partial charge on any atom is 0.492 e. The number of hydrogen-bond donors (Lipinski definition) is 1. The third-order valence-electron chi connectivity index (χ3n) is 2.94. The SMILES string of the molecule is CCCCS(=O)(=O)N[C@@H]1CCCN(OC(=O)C(F)(F)F)C1. The standard InChI is InChI=1S/C11H19F3N2O4S/c1-2-3-7-21(18,19)15-9-5-4-6-16(8-9)20-10(17)11(12,13)14/h9,15H,2-8H2,1H3/t9-/m1/s1. The monoisotopic (exact) mass is 332 g/mol. The number of sulfonamides is 1. The van der Waals surface area contributed by atoms with Crippen molar-refractivity contribution in [1.29, 1.82) is 0 Å². The number of carbonyl (C=O) groups is 1. The summed E-state index contributed by atoms with van der Waals surface area (Å²) in [5.41, 5.74) is 0. The number of halogens is 3. The number of rotatable bonds is 6. The summed E-state index contributed by atoms with van der Waals surface area (Å²) in [6, 6.07) is -0.554. The van der Waals surface area contributed by atoms with Crippen LogP contribution in [0.5, 0.6) is 0 Å². The largest absolute Gasteiger partial charge is 0.492 e. The van der Waals surface area contributed by atoms with Crippen LogP contribution in [-0.2, 0) is 19.7 Å². The average molecular weight is 332 g/mol. The van der Waals surface area contributed by atoms with E-state index in [4.69, 9.17) is 0 Å². The Kier molecular flexibility index (Phi) is 6.41. The zero-order valence-electron chi connectivity index (χ0n) is 11.6. The molecule has 1 fully saturated rings. The van der Waals surface area contributed by atoms with E-state index >= 15 is 0 Å². The third kappa shape index (κ3) is 6.62. The van der Waals surface area contributed by atoms with Crippen molar-refractivity contribution in [3.05, 3.63) is 0 Å². The minimum Gasteiger partial charge on any atom is -0.361 e. The van der Waals surface area contributed by atoms with Crippen molar-refractivity contribution in [3.8, 4) is 0 Å². The Morgan fingerprint density at radius 2 is 2.10 bits per heavy atom. The van der Waals surface area contributed by atoms with Crippen LogP contribution in [0.25, 0.3) is 0 Å². The molecule has 0 aromatic carbocycles. The lowest BCUT2D eigenvalue weighted by atomic mass is 10.1. The van der Waals surface area contributed by atoms with Crippen molar-refractivity contribution >= 4 is 16.0 Å². The lowest BCUT2D eigenvalue weighted by Crippen LogP contribution is -2.49. The molecule has 1 aliphatic rings. The fourth-order valence-corrected chi connectivity index (χ4v) is 3.42. The first-order chi connectivity index (χ1) is 9.64. The summed E-state index contributed by atoms with van der Waals surface area (Å²) in [6.07, 6.45) is -2.90. The summed E-state index contributed by atoms with van der Waals surface area (Å²) in [4.78, 5) is 15.0. The Bertz CT molecular complexity index is 453. The molecule has 0 unspecified atom stereocenters. The first kappa shape index (κ1) is 18.2. The van der Waals surface area contributed by atoms with Crippen LogP contribution in [0.3, 0.4) is 0 Å². The van der Waals surface area contributed by atoms with Gasteiger partial charge in [0.2, 0.25) is 10.0 Å². The van der Waals surface area contributed by atoms with Crippen molar-refractivity contribution in [2.24, 2.45) is 0 Å². The number of hydroxylamine groups is 2. The molecule has 124 valence electrons. The molecule has 0 aromatic rings. The molecule has 0 spiro atoms. The molecule has 0 aliphatic carbocycles. The molecule has 1 aliphatic heterocycles. The molecule has 1 rings (SSSR count). The number of hydrogen-bond acceptors (Lipinski definition) is 5. The lowest BCUT2D eigenvalue weighted by molar-refractivity contribution is -0.241. The van der Waals surface area contributed by atoms with Gasteiger partial charge in [-0.25, -0.2) is 17.9 Å². The van der Waals surface area contributed by atoms with E-state index in [1.54, 1.807) is 0 Å². The predicted octanol–water partition coefficient (Wildman–Crippen LogP) is 1.19. The molecule has 6 nitrogen and oxygen atoms in total. The van der Waals surface area contributed by atoms with Gasteiger partial charge in [0, 0.05) is 12.6 Å². The molecule has 1 atom stereocenters. The van der Waals surface area contributed by atoms with E-state index in [1.807, 2.05) is 6.92 Å². The fraction of sp³-hybridized carbons (Fsp3) is 0.909. The second kappa shape index (κ2) is 7.41. The summed E-state index contributed by atoms with van der Waals surface area (Å²) in [5, 5.41) is 0.854. The quantitative estimate of drug-likeness (QED) is 0.791. The van der Waals surface area contributed by atoms with Gasteiger partial charge in [-0.2, -0.15) is 13.2 Å². The van der Waals surface area contributed by atoms with Crippen LogP contribution in [0, 0.1) is 0 Å². The predicted molar refractivity (Wildman–Crippen MR) is 68.6 cm³/mol. The van der Waals surface area contributed by atoms with E-state index in [0.29, 0.717) is 19.3 Å². The molecule has 0 saturated carbocycles. The van der Waals surface area contributed by atoms with E-state index in [2.05, 4.69) is 9.56 Å². The topological polar surface area (TPSA) is 75.7 Å². The number of piperidine rings is 1. The summed E-state index contributed by atoms with van der Waals surface area (Å²) < 4.78 is 62.2. The van der Waals surface area contributed by atoms with Crippen molar-refractivity contribution < 1.29 is 31.2 Å². The first-order valence-corrected chi connectivity index (χ1v) is 8.33. The molecule has 0 bridgehead atoms. The molecular formula is C11H19F3N2O4S. The maximum absolute atomic E-state index is 12.1. The highest BCUT2D eigenvalue weighted by Gasteiger charge is 2.43. The highest BCUT2D eigenvalue weighted by molar-refractivity contribution is 7.89. The van der Waals surface area contributed by atoms with Gasteiger partial charge < -0.3 is 4.84 Å². The lowest BCUT2D eigenvalue weighted by Gasteiger charge is -2.31. The number of nitrogens with zero attached hydrogens (tertiary/aromatic N) is 1. The average Bonchev–Trinajstić information content (AvgIpc) is 2.35. The summed E-state index contributed by atoms with van der Waals surface area (Å²) in [5.74, 6) is -2.32. The maximum atomic E-state index is 12.1. The summed E-state index contributed by atoms with van der Waals surface area (Å²) in [6.45, 7) is 1.91. The second-order valence-corrected chi connectivity index (χ2v) is 6.77.